The van der Waals surface area contributed by atoms with Crippen LogP contribution in [0.3, 0.4) is 0 Å². The van der Waals surface area contributed by atoms with Crippen LogP contribution in [0.5, 0.6) is 0 Å². The van der Waals surface area contributed by atoms with E-state index in [0.717, 1.165) is 5.56 Å². The monoisotopic (exact) mass is 446 g/mol. The van der Waals surface area contributed by atoms with Crippen LogP contribution in [0.15, 0.2) is 55.1 Å². The van der Waals surface area contributed by atoms with Crippen molar-refractivity contribution in [1.29, 1.82) is 0 Å². The maximum atomic E-state index is 13.2. The summed E-state index contributed by atoms with van der Waals surface area (Å²) in [6, 6.07) is 10.6. The van der Waals surface area contributed by atoms with Crippen molar-refractivity contribution < 1.29 is 13.2 Å². The Balaban J connectivity index is 1.70. The van der Waals surface area contributed by atoms with Gasteiger partial charge in [-0.15, -0.1) is 0 Å². The van der Waals surface area contributed by atoms with E-state index in [1.165, 1.54) is 18.3 Å². The number of imidazole rings is 1. The topological polar surface area (TPSA) is 72.3 Å². The number of benzene rings is 1. The molecule has 0 amide bonds. The Bertz CT molecular complexity index is 1200. The smallest absolute Gasteiger partial charge is 0.329 e. The molecule has 0 fully saturated rings. The second kappa shape index (κ2) is 8.14. The summed E-state index contributed by atoms with van der Waals surface area (Å²) in [5, 5.41) is 9.60. The molecule has 3 heterocycles. The average Bonchev–Trinajstić information content (AvgIpc) is 3.38. The number of hydrogen-bond acceptors (Lipinski definition) is 4. The van der Waals surface area contributed by atoms with Crippen molar-refractivity contribution in [3.05, 3.63) is 71.4 Å². The number of rotatable bonds is 5. The highest BCUT2D eigenvalue weighted by molar-refractivity contribution is 6.30. The van der Waals surface area contributed by atoms with E-state index in [1.54, 1.807) is 6.33 Å². The summed E-state index contributed by atoms with van der Waals surface area (Å²) >= 11 is 6.16. The molecule has 0 saturated carbocycles. The Morgan fingerprint density at radius 3 is 2.55 bits per heavy atom. The Labute approximate surface area is 181 Å². The average molecular weight is 447 g/mol. The van der Waals surface area contributed by atoms with Crippen LogP contribution in [0.2, 0.25) is 5.02 Å². The molecule has 0 spiro atoms. The number of hydrogen-bond donors (Lipinski definition) is 1. The number of H-pyrrole nitrogens is 1. The van der Waals surface area contributed by atoms with Crippen molar-refractivity contribution in [3.63, 3.8) is 0 Å². The number of alkyl halides is 3. The quantitative estimate of drug-likeness (QED) is 0.430. The standard InChI is InChI=1S/C21H18ClF3N6/c1-12(2)19(14-4-3-5-15(22)8-14)31-10-17(27-11-31)16-9-13(6-7-26-16)18-20(21(23,24)25)29-30-28-18/h3-12,19H,1-2H3,(H,28,29,30). The van der Waals surface area contributed by atoms with E-state index < -0.39 is 11.9 Å². The fourth-order valence-electron chi connectivity index (χ4n) is 3.56. The zero-order valence-corrected chi connectivity index (χ0v) is 17.4. The van der Waals surface area contributed by atoms with Gasteiger partial charge in [0.05, 0.1) is 18.1 Å². The van der Waals surface area contributed by atoms with Crippen molar-refractivity contribution in [3.8, 4) is 22.6 Å². The molecule has 0 saturated heterocycles. The number of aromatic amines is 1. The molecule has 4 aromatic rings. The Kier molecular flexibility index (Phi) is 5.53. The van der Waals surface area contributed by atoms with Crippen LogP contribution in [0, 0.1) is 5.92 Å². The van der Waals surface area contributed by atoms with Gasteiger partial charge in [0.15, 0.2) is 5.69 Å². The van der Waals surface area contributed by atoms with Crippen molar-refractivity contribution >= 4 is 11.6 Å². The van der Waals surface area contributed by atoms with Gasteiger partial charge in [-0.3, -0.25) is 4.98 Å². The van der Waals surface area contributed by atoms with Gasteiger partial charge in [0.1, 0.15) is 11.4 Å². The minimum atomic E-state index is -4.62. The van der Waals surface area contributed by atoms with Crippen molar-refractivity contribution in [2.24, 2.45) is 5.92 Å². The van der Waals surface area contributed by atoms with E-state index in [4.69, 9.17) is 11.6 Å². The summed E-state index contributed by atoms with van der Waals surface area (Å²) in [4.78, 5) is 8.71. The fourth-order valence-corrected chi connectivity index (χ4v) is 3.76. The minimum Gasteiger partial charge on any atom is -0.329 e. The Morgan fingerprint density at radius 1 is 1.03 bits per heavy atom. The van der Waals surface area contributed by atoms with Crippen molar-refractivity contribution in [2.75, 3.05) is 0 Å². The van der Waals surface area contributed by atoms with Gasteiger partial charge in [0.25, 0.3) is 0 Å². The molecule has 1 aromatic carbocycles. The lowest BCUT2D eigenvalue weighted by Crippen LogP contribution is -2.15. The minimum absolute atomic E-state index is 0.0181. The van der Waals surface area contributed by atoms with Crippen LogP contribution in [-0.2, 0) is 6.18 Å². The normalized spacial score (nSPS) is 13.0. The lowest BCUT2D eigenvalue weighted by atomic mass is 9.96. The molecular formula is C21H18ClF3N6. The van der Waals surface area contributed by atoms with E-state index >= 15 is 0 Å². The van der Waals surface area contributed by atoms with Crippen LogP contribution in [0.25, 0.3) is 22.6 Å². The van der Waals surface area contributed by atoms with Gasteiger partial charge in [-0.1, -0.05) is 37.6 Å². The van der Waals surface area contributed by atoms with E-state index in [0.29, 0.717) is 16.4 Å². The van der Waals surface area contributed by atoms with E-state index in [2.05, 4.69) is 34.0 Å². The lowest BCUT2D eigenvalue weighted by Gasteiger charge is -2.23. The van der Waals surface area contributed by atoms with Gasteiger partial charge in [0.2, 0.25) is 0 Å². The van der Waals surface area contributed by atoms with Gasteiger partial charge < -0.3 is 4.57 Å². The van der Waals surface area contributed by atoms with Crippen LogP contribution in [0.1, 0.15) is 31.1 Å². The highest BCUT2D eigenvalue weighted by Crippen LogP contribution is 2.35. The zero-order valence-electron chi connectivity index (χ0n) is 16.6. The lowest BCUT2D eigenvalue weighted by molar-refractivity contribution is -0.140. The number of nitrogens with zero attached hydrogens (tertiary/aromatic N) is 5. The van der Waals surface area contributed by atoms with Crippen molar-refractivity contribution in [1.82, 2.24) is 29.9 Å². The predicted octanol–water partition coefficient (Wildman–Crippen LogP) is 5.65. The molecule has 6 nitrogen and oxygen atoms in total. The van der Waals surface area contributed by atoms with Gasteiger partial charge >= 0.3 is 6.18 Å². The SMILES string of the molecule is CC(C)C(c1cccc(Cl)c1)n1cnc(-c2cc(-c3n[nH]nc3C(F)(F)F)ccn2)c1. The molecule has 0 aliphatic heterocycles. The van der Waals surface area contributed by atoms with Crippen LogP contribution in [0.4, 0.5) is 13.2 Å². The first-order valence-electron chi connectivity index (χ1n) is 9.47. The number of aromatic nitrogens is 6. The first-order chi connectivity index (χ1) is 14.7. The molecule has 0 radical (unpaired) electrons. The highest BCUT2D eigenvalue weighted by Gasteiger charge is 2.38. The molecule has 0 bridgehead atoms. The molecular weight excluding hydrogens is 429 g/mol. The first kappa shape index (κ1) is 21.0. The summed E-state index contributed by atoms with van der Waals surface area (Å²) in [6.45, 7) is 4.18. The van der Waals surface area contributed by atoms with Gasteiger partial charge in [-0.05, 0) is 35.7 Å². The third kappa shape index (κ3) is 4.32. The summed E-state index contributed by atoms with van der Waals surface area (Å²) in [6.07, 6.45) is 0.321. The predicted molar refractivity (Wildman–Crippen MR) is 110 cm³/mol. The molecule has 31 heavy (non-hydrogen) atoms. The van der Waals surface area contributed by atoms with Gasteiger partial charge in [-0.25, -0.2) is 4.98 Å². The second-order valence-corrected chi connectivity index (χ2v) is 7.83. The maximum Gasteiger partial charge on any atom is 0.437 e. The molecule has 160 valence electrons. The van der Waals surface area contributed by atoms with Crippen LogP contribution < -0.4 is 0 Å². The second-order valence-electron chi connectivity index (χ2n) is 7.40. The van der Waals surface area contributed by atoms with E-state index in [-0.39, 0.29) is 23.2 Å². The summed E-state index contributed by atoms with van der Waals surface area (Å²) in [5.41, 5.74) is 0.889. The highest BCUT2D eigenvalue weighted by atomic mass is 35.5. The van der Waals surface area contributed by atoms with Crippen molar-refractivity contribution in [2.45, 2.75) is 26.1 Å². The molecule has 0 aliphatic rings. The molecule has 10 heteroatoms. The fraction of sp³-hybridized carbons (Fsp3) is 0.238. The zero-order chi connectivity index (χ0) is 22.2. The molecule has 4 rings (SSSR count). The molecule has 3 aromatic heterocycles. The number of halogens is 4. The largest absolute Gasteiger partial charge is 0.437 e. The summed E-state index contributed by atoms with van der Waals surface area (Å²) < 4.78 is 41.5. The molecule has 1 unspecified atom stereocenters. The first-order valence-corrected chi connectivity index (χ1v) is 9.85. The van der Waals surface area contributed by atoms with E-state index in [1.807, 2.05) is 40.2 Å². The maximum absolute atomic E-state index is 13.2. The van der Waals surface area contributed by atoms with Crippen LogP contribution >= 0.6 is 11.6 Å². The van der Waals surface area contributed by atoms with Gasteiger partial charge in [-0.2, -0.15) is 28.6 Å². The molecule has 0 aliphatic carbocycles. The third-order valence-electron chi connectivity index (χ3n) is 4.86. The van der Waals surface area contributed by atoms with Crippen LogP contribution in [-0.4, -0.2) is 29.9 Å². The molecule has 1 atom stereocenters. The summed E-state index contributed by atoms with van der Waals surface area (Å²) in [5.74, 6) is 0.240. The van der Waals surface area contributed by atoms with E-state index in [9.17, 15) is 13.2 Å². The van der Waals surface area contributed by atoms with Gasteiger partial charge in [0, 0.05) is 23.0 Å². The Morgan fingerprint density at radius 2 is 1.84 bits per heavy atom. The molecule has 1 N–H and O–H groups in total. The number of nitrogens with one attached hydrogen (secondary N) is 1. The number of pyridine rings is 1. The third-order valence-corrected chi connectivity index (χ3v) is 5.09. The Hall–Kier alpha value is -3.20. The summed E-state index contributed by atoms with van der Waals surface area (Å²) in [7, 11) is 0.